The summed E-state index contributed by atoms with van der Waals surface area (Å²) in [5, 5.41) is 8.38. The highest BCUT2D eigenvalue weighted by Crippen LogP contribution is 2.26. The number of benzene rings is 1. The maximum atomic E-state index is 13.3. The Bertz CT molecular complexity index is 480. The quantitative estimate of drug-likeness (QED) is 0.837. The molecular weight excluding hydrogens is 268 g/mol. The van der Waals surface area contributed by atoms with Crippen molar-refractivity contribution in [2.75, 3.05) is 0 Å². The lowest BCUT2D eigenvalue weighted by Gasteiger charge is -2.09. The van der Waals surface area contributed by atoms with Crippen molar-refractivity contribution in [2.24, 2.45) is 0 Å². The summed E-state index contributed by atoms with van der Waals surface area (Å²) < 4.78 is 52.4. The lowest BCUT2D eigenvalue weighted by Crippen LogP contribution is -2.17. The van der Waals surface area contributed by atoms with E-state index >= 15 is 0 Å². The molecule has 0 aliphatic heterocycles. The van der Waals surface area contributed by atoms with Crippen LogP contribution in [0.5, 0.6) is 5.75 Å². The van der Waals surface area contributed by atoms with Crippen molar-refractivity contribution in [3.8, 4) is 5.75 Å². The third kappa shape index (κ3) is 5.89. The standard InChI is InChI=1S/C12H10F4O3/c13-9-7-8(3-1-2-4-11(17)18)5-6-10(9)19-12(14,15)16/h1,3,5-7H,2,4H2,(H,17,18). The van der Waals surface area contributed by atoms with Crippen LogP contribution in [0.1, 0.15) is 18.4 Å². The van der Waals surface area contributed by atoms with E-state index in [0.29, 0.717) is 5.56 Å². The average molecular weight is 278 g/mol. The molecule has 104 valence electrons. The van der Waals surface area contributed by atoms with Gasteiger partial charge in [0.25, 0.3) is 0 Å². The fourth-order valence-electron chi connectivity index (χ4n) is 1.25. The molecule has 0 saturated heterocycles. The molecule has 0 radical (unpaired) electrons. The lowest BCUT2D eigenvalue weighted by atomic mass is 10.1. The number of carbonyl (C=O) groups is 1. The van der Waals surface area contributed by atoms with Crippen LogP contribution in [0.4, 0.5) is 17.6 Å². The van der Waals surface area contributed by atoms with Crippen LogP contribution in [-0.2, 0) is 4.79 Å². The molecule has 1 aromatic rings. The second kappa shape index (κ2) is 6.21. The van der Waals surface area contributed by atoms with Crippen molar-refractivity contribution >= 4 is 12.0 Å². The number of alkyl halides is 3. The summed E-state index contributed by atoms with van der Waals surface area (Å²) >= 11 is 0. The van der Waals surface area contributed by atoms with Crippen LogP contribution in [0.15, 0.2) is 24.3 Å². The highest BCUT2D eigenvalue weighted by Gasteiger charge is 2.32. The second-order valence-corrected chi connectivity index (χ2v) is 3.57. The van der Waals surface area contributed by atoms with Gasteiger partial charge in [-0.25, -0.2) is 4.39 Å². The molecule has 0 unspecified atom stereocenters. The highest BCUT2D eigenvalue weighted by atomic mass is 19.4. The predicted molar refractivity (Wildman–Crippen MR) is 59.0 cm³/mol. The molecule has 0 heterocycles. The molecule has 0 amide bonds. The Hall–Kier alpha value is -2.05. The molecule has 1 N–H and O–H groups in total. The van der Waals surface area contributed by atoms with Crippen molar-refractivity contribution < 1.29 is 32.2 Å². The number of aliphatic carboxylic acids is 1. The van der Waals surface area contributed by atoms with E-state index in [1.54, 1.807) is 0 Å². The van der Waals surface area contributed by atoms with Gasteiger partial charge in [-0.1, -0.05) is 18.2 Å². The van der Waals surface area contributed by atoms with Crippen molar-refractivity contribution in [2.45, 2.75) is 19.2 Å². The molecule has 0 bridgehead atoms. The van der Waals surface area contributed by atoms with Crippen LogP contribution in [0.25, 0.3) is 6.08 Å². The number of carboxylic acids is 1. The van der Waals surface area contributed by atoms with Gasteiger partial charge in [-0.3, -0.25) is 4.79 Å². The molecule has 0 atom stereocenters. The summed E-state index contributed by atoms with van der Waals surface area (Å²) in [5.74, 6) is -3.02. The molecule has 0 spiro atoms. The SMILES string of the molecule is O=C(O)CCC=Cc1ccc(OC(F)(F)F)c(F)c1. The van der Waals surface area contributed by atoms with Crippen LogP contribution >= 0.6 is 0 Å². The molecule has 0 aliphatic rings. The average Bonchev–Trinajstić information content (AvgIpc) is 2.26. The number of hydrogen-bond donors (Lipinski definition) is 1. The monoisotopic (exact) mass is 278 g/mol. The summed E-state index contributed by atoms with van der Waals surface area (Å²) in [6.45, 7) is 0. The van der Waals surface area contributed by atoms with Crippen molar-refractivity contribution in [3.05, 3.63) is 35.7 Å². The molecule has 0 aromatic heterocycles. The third-order valence-electron chi connectivity index (χ3n) is 2.02. The Morgan fingerprint density at radius 2 is 2.05 bits per heavy atom. The van der Waals surface area contributed by atoms with Crippen LogP contribution in [0, 0.1) is 5.82 Å². The van der Waals surface area contributed by atoms with Gasteiger partial charge >= 0.3 is 12.3 Å². The normalized spacial score (nSPS) is 11.8. The van der Waals surface area contributed by atoms with E-state index in [1.165, 1.54) is 18.2 Å². The molecule has 0 fully saturated rings. The van der Waals surface area contributed by atoms with E-state index in [1.807, 2.05) is 0 Å². The zero-order valence-corrected chi connectivity index (χ0v) is 9.58. The third-order valence-corrected chi connectivity index (χ3v) is 2.02. The molecule has 3 nitrogen and oxygen atoms in total. The molecule has 0 aliphatic carbocycles. The summed E-state index contributed by atoms with van der Waals surface area (Å²) in [7, 11) is 0. The van der Waals surface area contributed by atoms with E-state index in [2.05, 4.69) is 4.74 Å². The smallest absolute Gasteiger partial charge is 0.481 e. The topological polar surface area (TPSA) is 46.5 Å². The molecule has 1 rings (SSSR count). The number of halogens is 4. The summed E-state index contributed by atoms with van der Waals surface area (Å²) in [6.07, 6.45) is -1.86. The van der Waals surface area contributed by atoms with Crippen molar-refractivity contribution in [1.82, 2.24) is 0 Å². The Kier molecular flexibility index (Phi) is 4.91. The number of rotatable bonds is 5. The van der Waals surface area contributed by atoms with Gasteiger partial charge in [0.1, 0.15) is 0 Å². The van der Waals surface area contributed by atoms with Gasteiger partial charge in [0.05, 0.1) is 0 Å². The lowest BCUT2D eigenvalue weighted by molar-refractivity contribution is -0.275. The minimum Gasteiger partial charge on any atom is -0.481 e. The van der Waals surface area contributed by atoms with E-state index in [9.17, 15) is 22.4 Å². The maximum absolute atomic E-state index is 13.3. The van der Waals surface area contributed by atoms with Gasteiger partial charge < -0.3 is 9.84 Å². The summed E-state index contributed by atoms with van der Waals surface area (Å²) in [4.78, 5) is 10.2. The maximum Gasteiger partial charge on any atom is 0.573 e. The van der Waals surface area contributed by atoms with Crippen LogP contribution < -0.4 is 4.74 Å². The Morgan fingerprint density at radius 3 is 2.58 bits per heavy atom. The van der Waals surface area contributed by atoms with Gasteiger partial charge in [0.2, 0.25) is 0 Å². The van der Waals surface area contributed by atoms with Gasteiger partial charge in [-0.2, -0.15) is 0 Å². The van der Waals surface area contributed by atoms with Crippen LogP contribution in [-0.4, -0.2) is 17.4 Å². The van der Waals surface area contributed by atoms with Crippen LogP contribution in [0.2, 0.25) is 0 Å². The largest absolute Gasteiger partial charge is 0.573 e. The molecular formula is C12H10F4O3. The predicted octanol–water partition coefficient (Wildman–Crippen LogP) is 3.60. The first-order valence-corrected chi connectivity index (χ1v) is 5.21. The van der Waals surface area contributed by atoms with E-state index < -0.39 is 23.9 Å². The van der Waals surface area contributed by atoms with Crippen LogP contribution in [0.3, 0.4) is 0 Å². The fourth-order valence-corrected chi connectivity index (χ4v) is 1.25. The summed E-state index contributed by atoms with van der Waals surface area (Å²) in [6, 6.07) is 2.97. The minimum absolute atomic E-state index is 0.0751. The molecule has 7 heteroatoms. The van der Waals surface area contributed by atoms with Crippen molar-refractivity contribution in [1.29, 1.82) is 0 Å². The zero-order valence-electron chi connectivity index (χ0n) is 9.58. The van der Waals surface area contributed by atoms with Gasteiger partial charge in [-0.05, 0) is 24.1 Å². The van der Waals surface area contributed by atoms with Crippen molar-refractivity contribution in [3.63, 3.8) is 0 Å². The van der Waals surface area contributed by atoms with Gasteiger partial charge in [-0.15, -0.1) is 13.2 Å². The first kappa shape index (κ1) is 15.0. The molecule has 19 heavy (non-hydrogen) atoms. The van der Waals surface area contributed by atoms with Gasteiger partial charge in [0.15, 0.2) is 11.6 Å². The number of allylic oxidation sites excluding steroid dienone is 1. The second-order valence-electron chi connectivity index (χ2n) is 3.57. The minimum atomic E-state index is -4.94. The number of ether oxygens (including phenoxy) is 1. The summed E-state index contributed by atoms with van der Waals surface area (Å²) in [5.41, 5.74) is 0.317. The Morgan fingerprint density at radius 1 is 1.37 bits per heavy atom. The van der Waals surface area contributed by atoms with E-state index in [-0.39, 0.29) is 12.8 Å². The molecule has 1 aromatic carbocycles. The number of hydrogen-bond acceptors (Lipinski definition) is 2. The van der Waals surface area contributed by atoms with E-state index in [4.69, 9.17) is 5.11 Å². The van der Waals surface area contributed by atoms with E-state index in [0.717, 1.165) is 12.1 Å². The highest BCUT2D eigenvalue weighted by molar-refractivity contribution is 5.67. The fraction of sp³-hybridized carbons (Fsp3) is 0.250. The Labute approximate surface area is 106 Å². The first-order chi connectivity index (χ1) is 8.78. The Balaban J connectivity index is 2.69. The molecule has 0 saturated carbocycles. The van der Waals surface area contributed by atoms with Gasteiger partial charge in [0, 0.05) is 6.42 Å². The number of carboxylic acid groups (broad SMARTS) is 1. The zero-order chi connectivity index (χ0) is 14.5. The first-order valence-electron chi connectivity index (χ1n) is 5.21.